The minimum Gasteiger partial charge on any atom is -0.466 e. The molecule has 0 spiro atoms. The summed E-state index contributed by atoms with van der Waals surface area (Å²) in [7, 11) is 0. The van der Waals surface area contributed by atoms with Gasteiger partial charge in [0.15, 0.2) is 11.6 Å². The molecule has 0 amide bonds. The average molecular weight is 305 g/mol. The van der Waals surface area contributed by atoms with Crippen LogP contribution in [0.4, 0.5) is 18.9 Å². The van der Waals surface area contributed by atoms with E-state index >= 15 is 0 Å². The van der Waals surface area contributed by atoms with Crippen LogP contribution < -0.4 is 5.32 Å². The van der Waals surface area contributed by atoms with Gasteiger partial charge >= 0.3 is 11.9 Å². The summed E-state index contributed by atoms with van der Waals surface area (Å²) in [5.74, 6) is -4.72. The Morgan fingerprint density at radius 1 is 1.10 bits per heavy atom. The number of carbonyl (C=O) groups excluding carboxylic acids is 2. The highest BCUT2D eigenvalue weighted by molar-refractivity contribution is 5.75. The number of carbonyl (C=O) groups is 2. The monoisotopic (exact) mass is 305 g/mol. The molecule has 116 valence electrons. The summed E-state index contributed by atoms with van der Waals surface area (Å²) >= 11 is 0. The van der Waals surface area contributed by atoms with Gasteiger partial charge in [-0.05, 0) is 6.92 Å². The lowest BCUT2D eigenvalue weighted by molar-refractivity contribution is -0.148. The third-order valence-electron chi connectivity index (χ3n) is 2.29. The van der Waals surface area contributed by atoms with E-state index in [0.29, 0.717) is 12.1 Å². The summed E-state index contributed by atoms with van der Waals surface area (Å²) in [6.07, 6.45) is -0.112. The van der Waals surface area contributed by atoms with E-state index in [1.54, 1.807) is 6.92 Å². The van der Waals surface area contributed by atoms with Crippen LogP contribution in [-0.2, 0) is 19.1 Å². The molecule has 0 heterocycles. The summed E-state index contributed by atoms with van der Waals surface area (Å²) in [6, 6.07) is 0.967. The molecule has 5 nitrogen and oxygen atoms in total. The van der Waals surface area contributed by atoms with E-state index in [-0.39, 0.29) is 19.6 Å². The molecule has 0 atom stereocenters. The maximum Gasteiger partial charge on any atom is 0.325 e. The Morgan fingerprint density at radius 2 is 1.71 bits per heavy atom. The summed E-state index contributed by atoms with van der Waals surface area (Å²) in [6.45, 7) is 1.13. The molecule has 0 bridgehead atoms. The summed E-state index contributed by atoms with van der Waals surface area (Å²) in [5, 5.41) is 2.16. The molecule has 0 aliphatic heterocycles. The minimum atomic E-state index is -1.16. The molecule has 8 heteroatoms. The second-order valence-corrected chi connectivity index (χ2v) is 3.87. The second-order valence-electron chi connectivity index (χ2n) is 3.87. The molecular weight excluding hydrogens is 291 g/mol. The largest absolute Gasteiger partial charge is 0.466 e. The molecule has 1 rings (SSSR count). The number of hydrogen-bond donors (Lipinski definition) is 1. The average Bonchev–Trinajstić information content (AvgIpc) is 2.37. The molecule has 0 saturated carbocycles. The predicted octanol–water partition coefficient (Wildman–Crippen LogP) is 2.01. The Bertz CT molecular complexity index is 499. The Hall–Kier alpha value is -2.25. The third kappa shape index (κ3) is 5.72. The van der Waals surface area contributed by atoms with Gasteiger partial charge in [0.05, 0.1) is 13.0 Å². The van der Waals surface area contributed by atoms with Gasteiger partial charge in [-0.1, -0.05) is 0 Å². The minimum absolute atomic E-state index is 0.112. The highest BCUT2D eigenvalue weighted by atomic mass is 19.1. The van der Waals surface area contributed by atoms with Gasteiger partial charge in [-0.2, -0.15) is 0 Å². The van der Waals surface area contributed by atoms with E-state index in [4.69, 9.17) is 0 Å². The molecule has 0 fully saturated rings. The molecule has 0 aromatic heterocycles. The number of esters is 2. The molecule has 0 aliphatic carbocycles. The van der Waals surface area contributed by atoms with Crippen LogP contribution >= 0.6 is 0 Å². The van der Waals surface area contributed by atoms with Gasteiger partial charge in [0.1, 0.15) is 24.7 Å². The topological polar surface area (TPSA) is 64.6 Å². The van der Waals surface area contributed by atoms with Crippen LogP contribution in [0.15, 0.2) is 12.1 Å². The summed E-state index contributed by atoms with van der Waals surface area (Å²) in [4.78, 5) is 22.3. The maximum atomic E-state index is 13.2. The van der Waals surface area contributed by atoms with Crippen LogP contribution in [0.5, 0.6) is 0 Å². The fourth-order valence-corrected chi connectivity index (χ4v) is 1.40. The number of anilines is 1. The van der Waals surface area contributed by atoms with Crippen molar-refractivity contribution in [3.8, 4) is 0 Å². The number of rotatable bonds is 7. The SMILES string of the molecule is CCOC(=O)CCOC(=O)CNc1c(F)cc(F)cc1F. The van der Waals surface area contributed by atoms with Crippen molar-refractivity contribution in [2.75, 3.05) is 25.1 Å². The Morgan fingerprint density at radius 3 is 2.29 bits per heavy atom. The van der Waals surface area contributed by atoms with Gasteiger partial charge in [0.25, 0.3) is 0 Å². The lowest BCUT2D eigenvalue weighted by Crippen LogP contribution is -2.20. The number of halogens is 3. The van der Waals surface area contributed by atoms with Crippen LogP contribution in [0.1, 0.15) is 13.3 Å². The lowest BCUT2D eigenvalue weighted by atomic mass is 10.3. The molecule has 1 aromatic carbocycles. The quantitative estimate of drug-likeness (QED) is 0.781. The van der Waals surface area contributed by atoms with E-state index in [2.05, 4.69) is 14.8 Å². The van der Waals surface area contributed by atoms with Gasteiger partial charge in [-0.3, -0.25) is 9.59 Å². The van der Waals surface area contributed by atoms with E-state index in [1.165, 1.54) is 0 Å². The zero-order valence-electron chi connectivity index (χ0n) is 11.3. The van der Waals surface area contributed by atoms with Gasteiger partial charge < -0.3 is 14.8 Å². The first-order chi connectivity index (χ1) is 9.93. The van der Waals surface area contributed by atoms with Gasteiger partial charge in [0, 0.05) is 12.1 Å². The van der Waals surface area contributed by atoms with Gasteiger partial charge in [-0.15, -0.1) is 0 Å². The standard InChI is InChI=1S/C13H14F3NO4/c1-2-20-11(18)3-4-21-12(19)7-17-13-9(15)5-8(14)6-10(13)16/h5-6,17H,2-4,7H2,1H3. The molecule has 21 heavy (non-hydrogen) atoms. The Kier molecular flexibility index (Phi) is 6.51. The van der Waals surface area contributed by atoms with Gasteiger partial charge in [0.2, 0.25) is 0 Å². The first kappa shape index (κ1) is 16.8. The Balaban J connectivity index is 2.38. The zero-order valence-corrected chi connectivity index (χ0v) is 11.3. The summed E-state index contributed by atoms with van der Waals surface area (Å²) < 4.78 is 48.4. The van der Waals surface area contributed by atoms with E-state index in [9.17, 15) is 22.8 Å². The number of ether oxygens (including phenoxy) is 2. The maximum absolute atomic E-state index is 13.2. The second kappa shape index (κ2) is 8.13. The molecule has 0 radical (unpaired) electrons. The molecule has 0 unspecified atom stereocenters. The van der Waals surface area contributed by atoms with Crippen molar-refractivity contribution >= 4 is 17.6 Å². The van der Waals surface area contributed by atoms with Crippen LogP contribution in [0.25, 0.3) is 0 Å². The van der Waals surface area contributed by atoms with Crippen molar-refractivity contribution in [2.45, 2.75) is 13.3 Å². The zero-order chi connectivity index (χ0) is 15.8. The highest BCUT2D eigenvalue weighted by Gasteiger charge is 2.13. The van der Waals surface area contributed by atoms with Crippen LogP contribution in [0.2, 0.25) is 0 Å². The third-order valence-corrected chi connectivity index (χ3v) is 2.29. The van der Waals surface area contributed by atoms with Crippen molar-refractivity contribution in [1.29, 1.82) is 0 Å². The van der Waals surface area contributed by atoms with E-state index < -0.39 is 41.6 Å². The smallest absolute Gasteiger partial charge is 0.325 e. The fraction of sp³-hybridized carbons (Fsp3) is 0.385. The first-order valence-corrected chi connectivity index (χ1v) is 6.13. The molecule has 1 N–H and O–H groups in total. The molecule has 0 aliphatic rings. The van der Waals surface area contributed by atoms with Crippen LogP contribution in [-0.4, -0.2) is 31.7 Å². The van der Waals surface area contributed by atoms with Crippen LogP contribution in [0.3, 0.4) is 0 Å². The fourth-order valence-electron chi connectivity index (χ4n) is 1.40. The van der Waals surface area contributed by atoms with Crippen molar-refractivity contribution < 1.29 is 32.2 Å². The number of benzene rings is 1. The molecular formula is C13H14F3NO4. The Labute approximate surface area is 119 Å². The van der Waals surface area contributed by atoms with Crippen molar-refractivity contribution in [2.24, 2.45) is 0 Å². The van der Waals surface area contributed by atoms with Crippen LogP contribution in [0, 0.1) is 17.5 Å². The lowest BCUT2D eigenvalue weighted by Gasteiger charge is -2.09. The predicted molar refractivity (Wildman–Crippen MR) is 67.0 cm³/mol. The number of hydrogen-bond acceptors (Lipinski definition) is 5. The molecule has 1 aromatic rings. The normalized spacial score (nSPS) is 10.1. The van der Waals surface area contributed by atoms with Gasteiger partial charge in [-0.25, -0.2) is 13.2 Å². The summed E-state index contributed by atoms with van der Waals surface area (Å²) in [5.41, 5.74) is -0.626. The number of nitrogens with one attached hydrogen (secondary N) is 1. The highest BCUT2D eigenvalue weighted by Crippen LogP contribution is 2.19. The van der Waals surface area contributed by atoms with E-state index in [0.717, 1.165) is 0 Å². The first-order valence-electron chi connectivity index (χ1n) is 6.13. The van der Waals surface area contributed by atoms with Crippen molar-refractivity contribution in [3.05, 3.63) is 29.6 Å². The molecule has 0 saturated heterocycles. The van der Waals surface area contributed by atoms with Crippen molar-refractivity contribution in [3.63, 3.8) is 0 Å². The van der Waals surface area contributed by atoms with E-state index in [1.807, 2.05) is 0 Å². The van der Waals surface area contributed by atoms with Crippen molar-refractivity contribution in [1.82, 2.24) is 0 Å².